The van der Waals surface area contributed by atoms with E-state index >= 15 is 0 Å². The normalized spacial score (nSPS) is 26.6. The van der Waals surface area contributed by atoms with Gasteiger partial charge in [-0.05, 0) is 42.1 Å². The molecule has 2 aliphatic rings. The van der Waals surface area contributed by atoms with Crippen LogP contribution in [0.3, 0.4) is 0 Å². The van der Waals surface area contributed by atoms with Crippen molar-refractivity contribution in [3.63, 3.8) is 0 Å². The molecule has 1 N–H and O–H groups in total. The van der Waals surface area contributed by atoms with E-state index in [1.54, 1.807) is 5.56 Å². The van der Waals surface area contributed by atoms with Crippen molar-refractivity contribution in [3.05, 3.63) is 35.4 Å². The fourth-order valence-corrected chi connectivity index (χ4v) is 5.06. The zero-order valence-electron chi connectivity index (χ0n) is 13.0. The van der Waals surface area contributed by atoms with Crippen LogP contribution in [0, 0.1) is 5.41 Å². The van der Waals surface area contributed by atoms with Crippen molar-refractivity contribution in [2.24, 2.45) is 5.41 Å². The first-order valence-corrected chi connectivity index (χ1v) is 9.15. The van der Waals surface area contributed by atoms with Crippen molar-refractivity contribution >= 4 is 11.8 Å². The van der Waals surface area contributed by atoms with Crippen molar-refractivity contribution in [1.82, 2.24) is 5.32 Å². The summed E-state index contributed by atoms with van der Waals surface area (Å²) in [6.07, 6.45) is 9.08. The second kappa shape index (κ2) is 5.38. The molecule has 0 heterocycles. The highest BCUT2D eigenvalue weighted by Gasteiger charge is 2.40. The van der Waals surface area contributed by atoms with E-state index < -0.39 is 0 Å². The lowest BCUT2D eigenvalue weighted by Crippen LogP contribution is -2.40. The van der Waals surface area contributed by atoms with Gasteiger partial charge in [0.15, 0.2) is 0 Å². The van der Waals surface area contributed by atoms with E-state index in [-0.39, 0.29) is 0 Å². The summed E-state index contributed by atoms with van der Waals surface area (Å²) in [5.74, 6) is 0. The van der Waals surface area contributed by atoms with Gasteiger partial charge < -0.3 is 5.32 Å². The fourth-order valence-electron chi connectivity index (χ4n) is 4.14. The predicted octanol–water partition coefficient (Wildman–Crippen LogP) is 4.58. The molecule has 1 unspecified atom stereocenters. The van der Waals surface area contributed by atoms with Gasteiger partial charge in [-0.2, -0.15) is 11.8 Å². The lowest BCUT2D eigenvalue weighted by molar-refractivity contribution is 0.262. The molecule has 0 radical (unpaired) electrons. The average Bonchev–Trinajstić information content (AvgIpc) is 2.98. The molecule has 0 saturated heterocycles. The van der Waals surface area contributed by atoms with Crippen LogP contribution in [0.15, 0.2) is 24.3 Å². The van der Waals surface area contributed by atoms with Crippen LogP contribution in [0.1, 0.15) is 56.7 Å². The van der Waals surface area contributed by atoms with Crippen LogP contribution in [0.2, 0.25) is 0 Å². The first-order chi connectivity index (χ1) is 9.56. The Morgan fingerprint density at radius 3 is 2.60 bits per heavy atom. The summed E-state index contributed by atoms with van der Waals surface area (Å²) in [6, 6.07) is 9.51. The average molecular weight is 289 g/mol. The summed E-state index contributed by atoms with van der Waals surface area (Å²) in [4.78, 5) is 0. The van der Waals surface area contributed by atoms with E-state index in [2.05, 4.69) is 61.4 Å². The Labute approximate surface area is 127 Å². The zero-order chi connectivity index (χ0) is 14.2. The maximum atomic E-state index is 3.94. The molecule has 0 bridgehead atoms. The summed E-state index contributed by atoms with van der Waals surface area (Å²) < 4.78 is 0.494. The van der Waals surface area contributed by atoms with Gasteiger partial charge in [0.25, 0.3) is 0 Å². The number of hydrogen-bond donors (Lipinski definition) is 1. The maximum absolute atomic E-state index is 3.94. The van der Waals surface area contributed by atoms with Gasteiger partial charge >= 0.3 is 0 Å². The summed E-state index contributed by atoms with van der Waals surface area (Å²) in [5.41, 5.74) is 3.41. The molecule has 0 aliphatic heterocycles. The standard InChI is InChI=1S/C18H27NS/c1-17(2)12-14-8-4-5-9-15(14)16(17)19-13-18(20-3)10-6-7-11-18/h4-5,8-9,16,19H,6-7,10-13H2,1-3H3. The number of hydrogen-bond acceptors (Lipinski definition) is 2. The Morgan fingerprint density at radius 1 is 1.20 bits per heavy atom. The number of rotatable bonds is 4. The number of fused-ring (bicyclic) bond motifs is 1. The second-order valence-corrected chi connectivity index (χ2v) is 8.55. The first kappa shape index (κ1) is 14.5. The van der Waals surface area contributed by atoms with Gasteiger partial charge in [-0.15, -0.1) is 0 Å². The van der Waals surface area contributed by atoms with Crippen molar-refractivity contribution in [2.45, 2.75) is 56.7 Å². The molecular formula is C18H27NS. The number of benzene rings is 1. The molecule has 1 fully saturated rings. The quantitative estimate of drug-likeness (QED) is 0.871. The van der Waals surface area contributed by atoms with Crippen LogP contribution < -0.4 is 5.32 Å². The third-order valence-electron chi connectivity index (χ3n) is 5.37. The maximum Gasteiger partial charge on any atom is 0.0378 e. The highest BCUT2D eigenvalue weighted by Crippen LogP contribution is 2.46. The van der Waals surface area contributed by atoms with Crippen LogP contribution in [0.25, 0.3) is 0 Å². The molecular weight excluding hydrogens is 262 g/mol. The van der Waals surface area contributed by atoms with Gasteiger partial charge in [-0.3, -0.25) is 0 Å². The van der Waals surface area contributed by atoms with Crippen LogP contribution in [-0.2, 0) is 6.42 Å². The highest BCUT2D eigenvalue weighted by molar-refractivity contribution is 8.00. The van der Waals surface area contributed by atoms with Gasteiger partial charge in [-0.25, -0.2) is 0 Å². The topological polar surface area (TPSA) is 12.0 Å². The van der Waals surface area contributed by atoms with Crippen molar-refractivity contribution in [2.75, 3.05) is 12.8 Å². The Bertz CT molecular complexity index is 474. The third-order valence-corrected chi connectivity index (χ3v) is 6.79. The smallest absolute Gasteiger partial charge is 0.0378 e. The Kier molecular flexibility index (Phi) is 3.89. The summed E-state index contributed by atoms with van der Waals surface area (Å²) in [7, 11) is 0. The monoisotopic (exact) mass is 289 g/mol. The molecule has 0 aromatic heterocycles. The minimum atomic E-state index is 0.335. The van der Waals surface area contributed by atoms with E-state index in [1.807, 2.05) is 0 Å². The van der Waals surface area contributed by atoms with E-state index in [4.69, 9.17) is 0 Å². The summed E-state index contributed by atoms with van der Waals surface area (Å²) in [6.45, 7) is 5.98. The van der Waals surface area contributed by atoms with E-state index in [1.165, 1.54) is 37.7 Å². The molecule has 1 nitrogen and oxygen atoms in total. The number of nitrogens with one attached hydrogen (secondary N) is 1. The first-order valence-electron chi connectivity index (χ1n) is 7.93. The molecule has 0 amide bonds. The lowest BCUT2D eigenvalue weighted by Gasteiger charge is -2.34. The summed E-state index contributed by atoms with van der Waals surface area (Å²) in [5, 5.41) is 3.94. The number of thioether (sulfide) groups is 1. The van der Waals surface area contributed by atoms with Crippen LogP contribution in [0.4, 0.5) is 0 Å². The molecule has 20 heavy (non-hydrogen) atoms. The lowest BCUT2D eigenvalue weighted by atomic mass is 9.85. The second-order valence-electron chi connectivity index (χ2n) is 7.27. The zero-order valence-corrected chi connectivity index (χ0v) is 13.9. The van der Waals surface area contributed by atoms with Crippen LogP contribution >= 0.6 is 11.8 Å². The van der Waals surface area contributed by atoms with Crippen molar-refractivity contribution in [1.29, 1.82) is 0 Å². The molecule has 1 aromatic rings. The largest absolute Gasteiger partial charge is 0.308 e. The van der Waals surface area contributed by atoms with E-state index in [0.717, 1.165) is 6.54 Å². The highest BCUT2D eigenvalue weighted by atomic mass is 32.2. The van der Waals surface area contributed by atoms with Crippen LogP contribution in [-0.4, -0.2) is 17.5 Å². The molecule has 1 atom stereocenters. The van der Waals surface area contributed by atoms with Gasteiger partial charge in [0.2, 0.25) is 0 Å². The molecule has 110 valence electrons. The van der Waals surface area contributed by atoms with Crippen molar-refractivity contribution < 1.29 is 0 Å². The fraction of sp³-hybridized carbons (Fsp3) is 0.667. The third kappa shape index (κ3) is 2.53. The van der Waals surface area contributed by atoms with E-state index in [9.17, 15) is 0 Å². The molecule has 3 rings (SSSR count). The predicted molar refractivity (Wildman–Crippen MR) is 89.4 cm³/mol. The van der Waals surface area contributed by atoms with Gasteiger partial charge in [0.1, 0.15) is 0 Å². The van der Waals surface area contributed by atoms with Crippen LogP contribution in [0.5, 0.6) is 0 Å². The molecule has 2 aliphatic carbocycles. The van der Waals surface area contributed by atoms with Gasteiger partial charge in [0, 0.05) is 17.3 Å². The van der Waals surface area contributed by atoms with Gasteiger partial charge in [0.05, 0.1) is 0 Å². The van der Waals surface area contributed by atoms with Crippen molar-refractivity contribution in [3.8, 4) is 0 Å². The molecule has 1 aromatic carbocycles. The Hall–Kier alpha value is -0.470. The Balaban J connectivity index is 1.76. The van der Waals surface area contributed by atoms with E-state index in [0.29, 0.717) is 16.2 Å². The summed E-state index contributed by atoms with van der Waals surface area (Å²) >= 11 is 2.08. The van der Waals surface area contributed by atoms with Gasteiger partial charge in [-0.1, -0.05) is 51.0 Å². The molecule has 2 heteroatoms. The molecule has 1 saturated carbocycles. The minimum absolute atomic E-state index is 0.335. The molecule has 0 spiro atoms. The minimum Gasteiger partial charge on any atom is -0.308 e. The SMILES string of the molecule is CSC1(CNC2c3ccccc3CC2(C)C)CCCC1. The Morgan fingerprint density at radius 2 is 1.90 bits per heavy atom.